The highest BCUT2D eigenvalue weighted by atomic mass is 35.5. The summed E-state index contributed by atoms with van der Waals surface area (Å²) in [7, 11) is -1.75. The van der Waals surface area contributed by atoms with Gasteiger partial charge in [0.15, 0.2) is 8.32 Å². The Labute approximate surface area is 171 Å². The lowest BCUT2D eigenvalue weighted by Crippen LogP contribution is -2.37. The molecule has 5 heteroatoms. The predicted molar refractivity (Wildman–Crippen MR) is 116 cm³/mol. The van der Waals surface area contributed by atoms with E-state index in [0.29, 0.717) is 15.5 Å². The zero-order valence-electron chi connectivity index (χ0n) is 16.9. The van der Waals surface area contributed by atoms with Crippen LogP contribution in [0.25, 0.3) is 0 Å². The van der Waals surface area contributed by atoms with Gasteiger partial charge in [-0.1, -0.05) is 70.2 Å². The van der Waals surface area contributed by atoms with Gasteiger partial charge in [-0.3, -0.25) is 4.98 Å². The predicted octanol–water partition coefficient (Wildman–Crippen LogP) is 8.20. The molecule has 1 aliphatic carbocycles. The molecule has 1 unspecified atom stereocenters. The van der Waals surface area contributed by atoms with Crippen LogP contribution in [-0.2, 0) is 4.43 Å². The van der Waals surface area contributed by atoms with Crippen molar-refractivity contribution in [1.82, 2.24) is 4.98 Å². The molecule has 0 aliphatic heterocycles. The average molecular weight is 417 g/mol. The van der Waals surface area contributed by atoms with E-state index in [2.05, 4.69) is 32.7 Å². The van der Waals surface area contributed by atoms with Crippen LogP contribution in [0.3, 0.4) is 0 Å². The lowest BCUT2D eigenvalue weighted by Gasteiger charge is -2.42. The fourth-order valence-corrected chi connectivity index (χ4v) is 7.86. The Kier molecular flexibility index (Phi) is 8.46. The summed E-state index contributed by atoms with van der Waals surface area (Å²) in [5, 5.41) is 1.28. The Balaban J connectivity index is 2.18. The van der Waals surface area contributed by atoms with Gasteiger partial charge in [-0.2, -0.15) is 0 Å². The van der Waals surface area contributed by atoms with Crippen molar-refractivity contribution in [3.05, 3.63) is 28.0 Å². The standard InChI is InChI=1S/C21H35Cl2NOSi/c1-5-21(13-10-14-21)12-9-11-19(25-26(6-2,7-3)8-4)20-17(22)15-24-16-18(20)23/h15-16,19H,5-14H2,1-4H3. The third-order valence-corrected chi connectivity index (χ3v) is 12.1. The van der Waals surface area contributed by atoms with Crippen molar-refractivity contribution in [2.24, 2.45) is 5.41 Å². The molecule has 148 valence electrons. The van der Waals surface area contributed by atoms with E-state index >= 15 is 0 Å². The zero-order chi connectivity index (χ0) is 19.2. The first-order valence-electron chi connectivity index (χ1n) is 10.4. The van der Waals surface area contributed by atoms with Gasteiger partial charge in [-0.05, 0) is 49.2 Å². The minimum absolute atomic E-state index is 0.00139. The zero-order valence-corrected chi connectivity index (χ0v) is 19.4. The van der Waals surface area contributed by atoms with Crippen LogP contribution in [0, 0.1) is 5.41 Å². The Morgan fingerprint density at radius 3 is 2.08 bits per heavy atom. The lowest BCUT2D eigenvalue weighted by molar-refractivity contribution is 0.0978. The van der Waals surface area contributed by atoms with Crippen LogP contribution in [0.1, 0.15) is 84.3 Å². The van der Waals surface area contributed by atoms with Gasteiger partial charge >= 0.3 is 0 Å². The summed E-state index contributed by atoms with van der Waals surface area (Å²) in [5.74, 6) is 0. The lowest BCUT2D eigenvalue weighted by atomic mass is 9.64. The molecule has 0 amide bonds. The Morgan fingerprint density at radius 2 is 1.65 bits per heavy atom. The molecule has 2 rings (SSSR count). The largest absolute Gasteiger partial charge is 0.410 e. The number of nitrogens with zero attached hydrogens (tertiary/aromatic N) is 1. The average Bonchev–Trinajstić information content (AvgIpc) is 2.61. The molecule has 1 atom stereocenters. The van der Waals surface area contributed by atoms with Crippen molar-refractivity contribution in [1.29, 1.82) is 0 Å². The summed E-state index contributed by atoms with van der Waals surface area (Å²) >= 11 is 13.0. The summed E-state index contributed by atoms with van der Waals surface area (Å²) in [6.45, 7) is 9.15. The molecule has 1 fully saturated rings. The second-order valence-electron chi connectivity index (χ2n) is 7.97. The molecule has 1 heterocycles. The molecule has 0 N–H and O–H groups in total. The van der Waals surface area contributed by atoms with Crippen molar-refractivity contribution in [3.63, 3.8) is 0 Å². The number of rotatable bonds is 11. The third kappa shape index (κ3) is 5.04. The van der Waals surface area contributed by atoms with Crippen LogP contribution in [-0.4, -0.2) is 13.3 Å². The van der Waals surface area contributed by atoms with Crippen molar-refractivity contribution < 1.29 is 4.43 Å². The van der Waals surface area contributed by atoms with Crippen molar-refractivity contribution in [2.75, 3.05) is 0 Å². The molecule has 0 radical (unpaired) electrons. The quantitative estimate of drug-likeness (QED) is 0.339. The monoisotopic (exact) mass is 415 g/mol. The summed E-state index contributed by atoms with van der Waals surface area (Å²) in [4.78, 5) is 4.13. The van der Waals surface area contributed by atoms with Crippen molar-refractivity contribution in [2.45, 2.75) is 96.9 Å². The number of aromatic nitrogens is 1. The van der Waals surface area contributed by atoms with E-state index in [0.717, 1.165) is 30.1 Å². The molecular weight excluding hydrogens is 381 g/mol. The Morgan fingerprint density at radius 1 is 1.08 bits per heavy atom. The molecule has 1 aromatic rings. The van der Waals surface area contributed by atoms with E-state index in [1.807, 2.05) is 0 Å². The molecule has 0 aromatic carbocycles. The number of hydrogen-bond donors (Lipinski definition) is 0. The summed E-state index contributed by atoms with van der Waals surface area (Å²) < 4.78 is 6.88. The highest BCUT2D eigenvalue weighted by Crippen LogP contribution is 2.48. The summed E-state index contributed by atoms with van der Waals surface area (Å²) in [6.07, 6.45) is 12.3. The maximum Gasteiger partial charge on any atom is 0.192 e. The van der Waals surface area contributed by atoms with Gasteiger partial charge in [0.05, 0.1) is 16.1 Å². The van der Waals surface area contributed by atoms with Crippen LogP contribution < -0.4 is 0 Å². The first-order chi connectivity index (χ1) is 12.4. The normalized spacial score (nSPS) is 17.8. The Hall–Kier alpha value is -0.0931. The van der Waals surface area contributed by atoms with Gasteiger partial charge in [-0.25, -0.2) is 0 Å². The topological polar surface area (TPSA) is 22.1 Å². The maximum absolute atomic E-state index is 6.88. The van der Waals surface area contributed by atoms with E-state index in [1.54, 1.807) is 12.4 Å². The first kappa shape index (κ1) is 22.2. The van der Waals surface area contributed by atoms with Gasteiger partial charge in [0.1, 0.15) is 0 Å². The SMILES string of the molecule is CCC1(CCCC(O[Si](CC)(CC)CC)c2c(Cl)cncc2Cl)CCC1. The molecule has 1 saturated carbocycles. The van der Waals surface area contributed by atoms with E-state index in [9.17, 15) is 0 Å². The minimum Gasteiger partial charge on any atom is -0.410 e. The van der Waals surface area contributed by atoms with E-state index in [1.165, 1.54) is 38.5 Å². The maximum atomic E-state index is 6.88. The van der Waals surface area contributed by atoms with Crippen LogP contribution in [0.5, 0.6) is 0 Å². The second-order valence-corrected chi connectivity index (χ2v) is 13.5. The van der Waals surface area contributed by atoms with Crippen LogP contribution in [0.15, 0.2) is 12.4 Å². The fourth-order valence-electron chi connectivity index (χ4n) is 4.41. The van der Waals surface area contributed by atoms with Crippen LogP contribution in [0.2, 0.25) is 28.2 Å². The van der Waals surface area contributed by atoms with Gasteiger partial charge in [0.2, 0.25) is 0 Å². The van der Waals surface area contributed by atoms with Crippen LogP contribution in [0.4, 0.5) is 0 Å². The van der Waals surface area contributed by atoms with Gasteiger partial charge in [0, 0.05) is 18.0 Å². The van der Waals surface area contributed by atoms with Crippen LogP contribution >= 0.6 is 23.2 Å². The molecule has 0 saturated heterocycles. The van der Waals surface area contributed by atoms with Gasteiger partial charge in [-0.15, -0.1) is 0 Å². The number of halogens is 2. The van der Waals surface area contributed by atoms with E-state index < -0.39 is 8.32 Å². The van der Waals surface area contributed by atoms with Gasteiger partial charge < -0.3 is 4.43 Å². The molecule has 2 nitrogen and oxygen atoms in total. The molecular formula is C21H35Cl2NOSi. The van der Waals surface area contributed by atoms with Crippen molar-refractivity contribution >= 4 is 31.5 Å². The molecule has 1 aliphatic rings. The summed E-state index contributed by atoms with van der Waals surface area (Å²) in [5.41, 5.74) is 1.54. The van der Waals surface area contributed by atoms with Crippen molar-refractivity contribution in [3.8, 4) is 0 Å². The van der Waals surface area contributed by atoms with E-state index in [-0.39, 0.29) is 6.10 Å². The molecule has 0 spiro atoms. The number of pyridine rings is 1. The molecule has 26 heavy (non-hydrogen) atoms. The van der Waals surface area contributed by atoms with Gasteiger partial charge in [0.25, 0.3) is 0 Å². The Bertz CT molecular complexity index is 539. The molecule has 0 bridgehead atoms. The summed E-state index contributed by atoms with van der Waals surface area (Å²) in [6, 6.07) is 3.40. The third-order valence-electron chi connectivity index (χ3n) is 6.88. The number of hydrogen-bond acceptors (Lipinski definition) is 2. The first-order valence-corrected chi connectivity index (χ1v) is 13.7. The fraction of sp³-hybridized carbons (Fsp3) is 0.762. The minimum atomic E-state index is -1.75. The van der Waals surface area contributed by atoms with E-state index in [4.69, 9.17) is 27.6 Å². The smallest absolute Gasteiger partial charge is 0.192 e. The second kappa shape index (κ2) is 9.91. The molecule has 1 aromatic heterocycles. The highest BCUT2D eigenvalue weighted by Gasteiger charge is 2.36. The highest BCUT2D eigenvalue weighted by molar-refractivity contribution is 6.73.